The van der Waals surface area contributed by atoms with Crippen molar-refractivity contribution in [2.45, 2.75) is 17.8 Å². The van der Waals surface area contributed by atoms with E-state index in [9.17, 15) is 31.1 Å². The lowest BCUT2D eigenvalue weighted by molar-refractivity contribution is -0.310. The van der Waals surface area contributed by atoms with Crippen LogP contribution < -0.4 is 5.73 Å². The first-order valence-electron chi connectivity index (χ1n) is 5.54. The van der Waals surface area contributed by atoms with Crippen LogP contribution >= 0.6 is 0 Å². The molecule has 1 aromatic heterocycles. The monoisotopic (exact) mass is 327 g/mol. The summed E-state index contributed by atoms with van der Waals surface area (Å²) < 4.78 is 80.0. The summed E-state index contributed by atoms with van der Waals surface area (Å²) in [5.41, 5.74) is 5.02. The van der Waals surface area contributed by atoms with Crippen molar-refractivity contribution in [3.63, 3.8) is 0 Å². The molecule has 0 bridgehead atoms. The lowest BCUT2D eigenvalue weighted by Gasteiger charge is -2.28. The second-order valence-electron chi connectivity index (χ2n) is 4.39. The largest absolute Gasteiger partial charge is 0.477 e. The fraction of sp³-hybridized carbons (Fsp3) is 0.273. The lowest BCUT2D eigenvalue weighted by atomic mass is 10.0. The molecule has 0 radical (unpaired) electrons. The van der Waals surface area contributed by atoms with Gasteiger partial charge in [-0.15, -0.1) is 0 Å². The van der Waals surface area contributed by atoms with Crippen LogP contribution in [-0.4, -0.2) is 32.9 Å². The van der Waals surface area contributed by atoms with E-state index in [1.165, 1.54) is 6.07 Å². The number of carbonyl (C=O) groups is 1. The number of nitrogens with one attached hydrogen (secondary N) is 1. The van der Waals surface area contributed by atoms with Crippen molar-refractivity contribution in [1.82, 2.24) is 9.97 Å². The standard InChI is InChI=1S/C11H7F6N3O2/c12-9(13,11(16,17)10(14,15)8(21)22)7-19-5-2-1-4(18)3-6(5)20-7/h1-3H,18H2,(H,19,20)(H,21,22). The molecule has 22 heavy (non-hydrogen) atoms. The predicted molar refractivity (Wildman–Crippen MR) is 61.9 cm³/mol. The van der Waals surface area contributed by atoms with Gasteiger partial charge in [0.15, 0.2) is 5.82 Å². The van der Waals surface area contributed by atoms with Gasteiger partial charge in [-0.1, -0.05) is 0 Å². The topological polar surface area (TPSA) is 92.0 Å². The number of carboxylic acids is 1. The number of nitrogens with zero attached hydrogens (tertiary/aromatic N) is 1. The molecule has 2 rings (SSSR count). The smallest absolute Gasteiger partial charge is 0.411 e. The highest BCUT2D eigenvalue weighted by atomic mass is 19.3. The first kappa shape index (κ1) is 15.9. The van der Waals surface area contributed by atoms with E-state index in [1.807, 2.05) is 0 Å². The van der Waals surface area contributed by atoms with Gasteiger partial charge in [-0.05, 0) is 18.2 Å². The average Bonchev–Trinajstić information content (AvgIpc) is 2.81. The van der Waals surface area contributed by atoms with Crippen molar-refractivity contribution in [3.05, 3.63) is 24.0 Å². The highest BCUT2D eigenvalue weighted by Crippen LogP contribution is 2.50. The number of nitrogen functional groups attached to an aromatic ring is 1. The number of hydrogen-bond acceptors (Lipinski definition) is 3. The van der Waals surface area contributed by atoms with E-state index in [2.05, 4.69) is 4.98 Å². The fourth-order valence-corrected chi connectivity index (χ4v) is 1.65. The molecule has 2 aromatic rings. The average molecular weight is 327 g/mol. The molecule has 4 N–H and O–H groups in total. The van der Waals surface area contributed by atoms with Crippen molar-refractivity contribution in [2.24, 2.45) is 0 Å². The van der Waals surface area contributed by atoms with Crippen LogP contribution in [0.2, 0.25) is 0 Å². The highest BCUT2D eigenvalue weighted by Gasteiger charge is 2.77. The molecule has 0 aliphatic heterocycles. The molecule has 11 heteroatoms. The third kappa shape index (κ3) is 2.04. The van der Waals surface area contributed by atoms with Crippen LogP contribution in [0.5, 0.6) is 0 Å². The number of rotatable bonds is 4. The minimum absolute atomic E-state index is 0.0801. The lowest BCUT2D eigenvalue weighted by Crippen LogP contribution is -2.56. The molecule has 0 amide bonds. The molecule has 0 saturated carbocycles. The number of aliphatic carboxylic acids is 1. The van der Waals surface area contributed by atoms with Gasteiger partial charge in [0.2, 0.25) is 0 Å². The molecule has 0 atom stereocenters. The maximum atomic E-state index is 13.7. The molecular weight excluding hydrogens is 320 g/mol. The van der Waals surface area contributed by atoms with E-state index < -0.39 is 29.6 Å². The van der Waals surface area contributed by atoms with Gasteiger partial charge < -0.3 is 15.8 Å². The first-order valence-corrected chi connectivity index (χ1v) is 5.54. The summed E-state index contributed by atoms with van der Waals surface area (Å²) in [6.45, 7) is 0. The number of hydrogen-bond donors (Lipinski definition) is 3. The van der Waals surface area contributed by atoms with Crippen molar-refractivity contribution in [1.29, 1.82) is 0 Å². The third-order valence-corrected chi connectivity index (χ3v) is 2.86. The van der Waals surface area contributed by atoms with Crippen LogP contribution in [0.1, 0.15) is 5.82 Å². The van der Waals surface area contributed by atoms with Crippen molar-refractivity contribution in [3.8, 4) is 0 Å². The Labute approximate surface area is 117 Å². The molecular formula is C11H7F6N3O2. The zero-order chi connectivity index (χ0) is 16.9. The van der Waals surface area contributed by atoms with Gasteiger partial charge >= 0.3 is 23.7 Å². The van der Waals surface area contributed by atoms with Crippen molar-refractivity contribution >= 4 is 22.7 Å². The van der Waals surface area contributed by atoms with Gasteiger partial charge in [0.25, 0.3) is 0 Å². The Morgan fingerprint density at radius 1 is 1.18 bits per heavy atom. The minimum Gasteiger partial charge on any atom is -0.477 e. The third-order valence-electron chi connectivity index (χ3n) is 2.86. The van der Waals surface area contributed by atoms with E-state index in [-0.39, 0.29) is 16.7 Å². The van der Waals surface area contributed by atoms with Gasteiger partial charge in [-0.25, -0.2) is 9.78 Å². The molecule has 0 aliphatic rings. The number of halogens is 6. The number of aromatic amines is 1. The Morgan fingerprint density at radius 3 is 2.32 bits per heavy atom. The summed E-state index contributed by atoms with van der Waals surface area (Å²) in [5.74, 6) is -22.9. The number of fused-ring (bicyclic) bond motifs is 1. The SMILES string of the molecule is Nc1ccc2[nH]c(C(F)(F)C(F)(F)C(F)(F)C(=O)O)nc2c1. The molecule has 0 saturated heterocycles. The van der Waals surface area contributed by atoms with Crippen molar-refractivity contribution in [2.75, 3.05) is 5.73 Å². The number of anilines is 1. The summed E-state index contributed by atoms with van der Waals surface area (Å²) in [6.07, 6.45) is 0. The van der Waals surface area contributed by atoms with E-state index in [1.54, 1.807) is 4.98 Å². The first-order chi connectivity index (χ1) is 9.91. The fourth-order valence-electron chi connectivity index (χ4n) is 1.65. The summed E-state index contributed by atoms with van der Waals surface area (Å²) in [4.78, 5) is 15.0. The van der Waals surface area contributed by atoms with Gasteiger partial charge in [0, 0.05) is 5.69 Å². The number of imidazole rings is 1. The van der Waals surface area contributed by atoms with Gasteiger partial charge in [-0.2, -0.15) is 26.3 Å². The highest BCUT2D eigenvalue weighted by molar-refractivity contribution is 5.79. The Balaban J connectivity index is 2.58. The second kappa shape index (κ2) is 4.52. The van der Waals surface area contributed by atoms with Gasteiger partial charge in [0.05, 0.1) is 11.0 Å². The van der Waals surface area contributed by atoms with Gasteiger partial charge in [-0.3, -0.25) is 0 Å². The van der Waals surface area contributed by atoms with Crippen LogP contribution in [0.15, 0.2) is 18.2 Å². The quantitative estimate of drug-likeness (QED) is 0.594. The molecule has 0 unspecified atom stereocenters. The van der Waals surface area contributed by atoms with Crippen molar-refractivity contribution < 1.29 is 36.2 Å². The van der Waals surface area contributed by atoms with Crippen LogP contribution in [0.4, 0.5) is 32.0 Å². The van der Waals surface area contributed by atoms with E-state index >= 15 is 0 Å². The molecule has 1 aromatic carbocycles. The van der Waals surface area contributed by atoms with Crippen LogP contribution in [0, 0.1) is 0 Å². The van der Waals surface area contributed by atoms with E-state index in [4.69, 9.17) is 10.8 Å². The molecule has 0 aliphatic carbocycles. The molecule has 1 heterocycles. The zero-order valence-electron chi connectivity index (χ0n) is 10.4. The summed E-state index contributed by atoms with van der Waals surface area (Å²) in [6, 6.07) is 3.43. The number of carboxylic acid groups (broad SMARTS) is 1. The normalized spacial score (nSPS) is 13.5. The Bertz CT molecular complexity index is 743. The van der Waals surface area contributed by atoms with Crippen LogP contribution in [0.3, 0.4) is 0 Å². The Hall–Kier alpha value is -2.46. The number of benzene rings is 1. The Morgan fingerprint density at radius 2 is 1.77 bits per heavy atom. The zero-order valence-corrected chi connectivity index (χ0v) is 10.4. The van der Waals surface area contributed by atoms with Crippen LogP contribution in [0.25, 0.3) is 11.0 Å². The maximum absolute atomic E-state index is 13.7. The molecule has 0 fully saturated rings. The van der Waals surface area contributed by atoms with Gasteiger partial charge in [0.1, 0.15) is 0 Å². The second-order valence-corrected chi connectivity index (χ2v) is 4.39. The predicted octanol–water partition coefficient (Wildman–Crippen LogP) is 2.59. The number of nitrogens with two attached hydrogens (primary N) is 1. The summed E-state index contributed by atoms with van der Waals surface area (Å²) in [7, 11) is 0. The molecule has 0 spiro atoms. The van der Waals surface area contributed by atoms with Crippen LogP contribution in [-0.2, 0) is 10.7 Å². The minimum atomic E-state index is -6.20. The molecule has 120 valence electrons. The summed E-state index contributed by atoms with van der Waals surface area (Å²) in [5, 5.41) is 8.05. The number of alkyl halides is 6. The van der Waals surface area contributed by atoms with E-state index in [0.29, 0.717) is 0 Å². The van der Waals surface area contributed by atoms with E-state index in [0.717, 1.165) is 12.1 Å². The molecule has 5 nitrogen and oxygen atoms in total. The number of H-pyrrole nitrogens is 1. The Kier molecular flexibility index (Phi) is 3.27. The summed E-state index contributed by atoms with van der Waals surface area (Å²) >= 11 is 0. The maximum Gasteiger partial charge on any atom is 0.411 e. The number of aromatic nitrogens is 2.